The Labute approximate surface area is 61.4 Å². The van der Waals surface area contributed by atoms with Gasteiger partial charge in [0.1, 0.15) is 6.26 Å². The predicted octanol–water partition coefficient (Wildman–Crippen LogP) is 1.65. The molecule has 1 aromatic heterocycles. The maximum absolute atomic E-state index is 4.75. The van der Waals surface area contributed by atoms with Crippen LogP contribution in [0.5, 0.6) is 0 Å². The molecule has 1 rings (SSSR count). The first-order valence-electron chi connectivity index (χ1n) is 2.36. The fraction of sp³-hybridized carbons (Fsp3) is 0.400. The van der Waals surface area contributed by atoms with Crippen molar-refractivity contribution in [2.24, 2.45) is 0 Å². The van der Waals surface area contributed by atoms with Crippen LogP contribution in [0.15, 0.2) is 17.1 Å². The van der Waals surface area contributed by atoms with E-state index in [1.807, 2.05) is 0 Å². The lowest BCUT2D eigenvalue weighted by molar-refractivity contribution is 0.556. The monoisotopic (exact) mass is 223 g/mol. The van der Waals surface area contributed by atoms with Crippen LogP contribution in [0.3, 0.4) is 0 Å². The van der Waals surface area contributed by atoms with Crippen molar-refractivity contribution in [3.63, 3.8) is 0 Å². The van der Waals surface area contributed by atoms with Gasteiger partial charge in [-0.3, -0.25) is 0 Å². The van der Waals surface area contributed by atoms with E-state index in [0.29, 0.717) is 0 Å². The van der Waals surface area contributed by atoms with Crippen LogP contribution in [0.25, 0.3) is 0 Å². The van der Waals surface area contributed by atoms with Gasteiger partial charge in [0.25, 0.3) is 0 Å². The lowest BCUT2D eigenvalue weighted by Gasteiger charge is -1.81. The molecule has 0 N–H and O–H groups in total. The second-order valence-electron chi connectivity index (χ2n) is 1.42. The molecule has 0 saturated heterocycles. The number of hydrogen-bond donors (Lipinski definition) is 0. The van der Waals surface area contributed by atoms with Gasteiger partial charge < -0.3 is 4.42 Å². The quantitative estimate of drug-likeness (QED) is 0.562. The Morgan fingerprint density at radius 2 is 2.62 bits per heavy atom. The first-order valence-corrected chi connectivity index (χ1v) is 3.89. The van der Waals surface area contributed by atoms with E-state index in [1.165, 1.54) is 6.39 Å². The Hall–Kier alpha value is -0.0600. The molecule has 1 heterocycles. The van der Waals surface area contributed by atoms with Gasteiger partial charge in [-0.2, -0.15) is 0 Å². The van der Waals surface area contributed by atoms with Gasteiger partial charge in [-0.25, -0.2) is 4.98 Å². The summed E-state index contributed by atoms with van der Waals surface area (Å²) in [5, 5.41) is 0. The Balaban J connectivity index is 2.50. The average molecular weight is 223 g/mol. The van der Waals surface area contributed by atoms with E-state index in [9.17, 15) is 0 Å². The third-order valence-electron chi connectivity index (χ3n) is 0.834. The van der Waals surface area contributed by atoms with Crippen molar-refractivity contribution in [3.8, 4) is 0 Å². The number of nitrogens with zero attached hydrogens (tertiary/aromatic N) is 1. The molecule has 0 atom stereocenters. The highest BCUT2D eigenvalue weighted by atomic mass is 127. The van der Waals surface area contributed by atoms with E-state index in [4.69, 9.17) is 4.42 Å². The standard InChI is InChI=1S/C5H6INO/c6-2-1-5-3-8-4-7-5/h3-4H,1-2H2. The molecule has 0 amide bonds. The number of rotatable bonds is 2. The lowest BCUT2D eigenvalue weighted by atomic mass is 10.4. The van der Waals surface area contributed by atoms with Gasteiger partial charge in [0, 0.05) is 10.8 Å². The molecule has 3 heteroatoms. The summed E-state index contributed by atoms with van der Waals surface area (Å²) in [4.78, 5) is 3.93. The molecule has 2 nitrogen and oxygen atoms in total. The van der Waals surface area contributed by atoms with E-state index in [0.717, 1.165) is 16.5 Å². The van der Waals surface area contributed by atoms with E-state index in [1.54, 1.807) is 6.26 Å². The molecular weight excluding hydrogens is 217 g/mol. The van der Waals surface area contributed by atoms with E-state index in [-0.39, 0.29) is 0 Å². The molecule has 0 radical (unpaired) electrons. The van der Waals surface area contributed by atoms with Gasteiger partial charge in [0.2, 0.25) is 0 Å². The Bertz CT molecular complexity index is 138. The largest absolute Gasteiger partial charge is 0.451 e. The number of oxazole rings is 1. The first kappa shape index (κ1) is 6.07. The molecule has 0 saturated carbocycles. The first-order chi connectivity index (χ1) is 3.93. The maximum Gasteiger partial charge on any atom is 0.180 e. The zero-order valence-electron chi connectivity index (χ0n) is 4.30. The summed E-state index contributed by atoms with van der Waals surface area (Å²) in [6, 6.07) is 0. The summed E-state index contributed by atoms with van der Waals surface area (Å²) in [5.41, 5.74) is 1.04. The third-order valence-corrected chi connectivity index (χ3v) is 1.37. The van der Waals surface area contributed by atoms with Crippen LogP contribution in [-0.4, -0.2) is 9.41 Å². The van der Waals surface area contributed by atoms with Gasteiger partial charge in [0.15, 0.2) is 6.39 Å². The van der Waals surface area contributed by atoms with Crippen LogP contribution in [0.2, 0.25) is 0 Å². The van der Waals surface area contributed by atoms with Crippen molar-refractivity contribution in [1.29, 1.82) is 0 Å². The van der Waals surface area contributed by atoms with Crippen LogP contribution in [-0.2, 0) is 6.42 Å². The van der Waals surface area contributed by atoms with Gasteiger partial charge >= 0.3 is 0 Å². The summed E-state index contributed by atoms with van der Waals surface area (Å²) >= 11 is 2.31. The second-order valence-corrected chi connectivity index (χ2v) is 2.50. The van der Waals surface area contributed by atoms with Gasteiger partial charge in [-0.1, -0.05) is 22.6 Å². The fourth-order valence-corrected chi connectivity index (χ4v) is 1.01. The van der Waals surface area contributed by atoms with E-state index >= 15 is 0 Å². The highest BCUT2D eigenvalue weighted by Gasteiger charge is 1.90. The molecule has 0 aliphatic rings. The zero-order chi connectivity index (χ0) is 5.82. The molecule has 0 aliphatic heterocycles. The SMILES string of the molecule is ICCc1cocn1. The minimum absolute atomic E-state index is 1.01. The summed E-state index contributed by atoms with van der Waals surface area (Å²) in [6.07, 6.45) is 4.15. The number of alkyl halides is 1. The van der Waals surface area contributed by atoms with Crippen LogP contribution < -0.4 is 0 Å². The van der Waals surface area contributed by atoms with Crippen molar-refractivity contribution >= 4 is 22.6 Å². The van der Waals surface area contributed by atoms with Gasteiger partial charge in [0.05, 0.1) is 5.69 Å². The number of halogens is 1. The average Bonchev–Trinajstić information content (AvgIpc) is 2.19. The van der Waals surface area contributed by atoms with Crippen molar-refractivity contribution in [1.82, 2.24) is 4.98 Å². The van der Waals surface area contributed by atoms with Crippen LogP contribution in [0.4, 0.5) is 0 Å². The maximum atomic E-state index is 4.75. The van der Waals surface area contributed by atoms with Crippen molar-refractivity contribution in [2.75, 3.05) is 4.43 Å². The fourth-order valence-electron chi connectivity index (χ4n) is 0.458. The van der Waals surface area contributed by atoms with Crippen molar-refractivity contribution < 1.29 is 4.42 Å². The van der Waals surface area contributed by atoms with E-state index in [2.05, 4.69) is 27.6 Å². The van der Waals surface area contributed by atoms with Crippen molar-refractivity contribution in [3.05, 3.63) is 18.4 Å². The Morgan fingerprint density at radius 3 is 3.12 bits per heavy atom. The molecule has 0 bridgehead atoms. The predicted molar refractivity (Wildman–Crippen MR) is 39.1 cm³/mol. The Kier molecular flexibility index (Phi) is 2.32. The van der Waals surface area contributed by atoms with Crippen molar-refractivity contribution in [2.45, 2.75) is 6.42 Å². The third kappa shape index (κ3) is 1.47. The molecule has 1 aromatic rings. The summed E-state index contributed by atoms with van der Waals surface area (Å²) in [5.74, 6) is 0. The highest BCUT2D eigenvalue weighted by Crippen LogP contribution is 1.97. The molecule has 0 aliphatic carbocycles. The van der Waals surface area contributed by atoms with Crippen LogP contribution in [0, 0.1) is 0 Å². The zero-order valence-corrected chi connectivity index (χ0v) is 6.46. The second kappa shape index (κ2) is 3.06. The molecule has 0 unspecified atom stereocenters. The Morgan fingerprint density at radius 1 is 1.75 bits per heavy atom. The molecule has 0 spiro atoms. The minimum atomic E-state index is 1.01. The smallest absolute Gasteiger partial charge is 0.180 e. The molecule has 0 aromatic carbocycles. The lowest BCUT2D eigenvalue weighted by Crippen LogP contribution is -1.82. The molecule has 8 heavy (non-hydrogen) atoms. The summed E-state index contributed by atoms with van der Waals surface area (Å²) in [7, 11) is 0. The summed E-state index contributed by atoms with van der Waals surface area (Å²) < 4.78 is 5.85. The molecule has 44 valence electrons. The molecule has 0 fully saturated rings. The number of hydrogen-bond acceptors (Lipinski definition) is 2. The van der Waals surface area contributed by atoms with Crippen LogP contribution >= 0.6 is 22.6 Å². The topological polar surface area (TPSA) is 26.0 Å². The van der Waals surface area contributed by atoms with Crippen LogP contribution in [0.1, 0.15) is 5.69 Å². The van der Waals surface area contributed by atoms with E-state index < -0.39 is 0 Å². The highest BCUT2D eigenvalue weighted by molar-refractivity contribution is 14.1. The number of aromatic nitrogens is 1. The summed E-state index contributed by atoms with van der Waals surface area (Å²) in [6.45, 7) is 0. The minimum Gasteiger partial charge on any atom is -0.451 e. The number of aryl methyl sites for hydroxylation is 1. The normalized spacial score (nSPS) is 9.62. The molecular formula is C5H6INO. The van der Waals surface area contributed by atoms with Gasteiger partial charge in [-0.05, 0) is 0 Å². The van der Waals surface area contributed by atoms with Gasteiger partial charge in [-0.15, -0.1) is 0 Å².